The Bertz CT molecular complexity index is 1230. The van der Waals surface area contributed by atoms with E-state index in [1.807, 2.05) is 54.0 Å². The Morgan fingerprint density at radius 2 is 1.71 bits per heavy atom. The molecule has 156 valence electrons. The number of benzene rings is 2. The van der Waals surface area contributed by atoms with Gasteiger partial charge in [0.05, 0.1) is 5.52 Å². The van der Waals surface area contributed by atoms with Crippen LogP contribution in [0.15, 0.2) is 54.6 Å². The number of hydrogen-bond acceptors (Lipinski definition) is 5. The van der Waals surface area contributed by atoms with Crippen LogP contribution in [-0.2, 0) is 9.59 Å². The number of aryl methyl sites for hydroxylation is 1. The van der Waals surface area contributed by atoms with E-state index in [4.69, 9.17) is 0 Å². The Balaban J connectivity index is 1.60. The van der Waals surface area contributed by atoms with Gasteiger partial charge in [0.15, 0.2) is 0 Å². The molecule has 2 aromatic carbocycles. The van der Waals surface area contributed by atoms with Crippen molar-refractivity contribution < 1.29 is 19.2 Å². The lowest BCUT2D eigenvalue weighted by atomic mass is 9.86. The second kappa shape index (κ2) is 7.64. The minimum absolute atomic E-state index is 0.252. The molecule has 0 spiro atoms. The quantitative estimate of drug-likeness (QED) is 0.564. The molecule has 1 aliphatic rings. The molecule has 8 nitrogen and oxygen atoms in total. The predicted octanol–water partition coefficient (Wildman–Crippen LogP) is 2.31. The van der Waals surface area contributed by atoms with Crippen LogP contribution in [0.1, 0.15) is 23.0 Å². The van der Waals surface area contributed by atoms with E-state index in [2.05, 4.69) is 10.3 Å². The maximum Gasteiger partial charge on any atom is 0.328 e. The van der Waals surface area contributed by atoms with Crippen LogP contribution in [0.2, 0.25) is 0 Å². The monoisotopic (exact) mass is 416 g/mol. The molecule has 8 heteroatoms. The van der Waals surface area contributed by atoms with E-state index in [1.165, 1.54) is 6.92 Å². The van der Waals surface area contributed by atoms with Crippen molar-refractivity contribution >= 4 is 34.7 Å². The molecule has 4 rings (SSSR count). The normalized spacial score (nSPS) is 15.4. The first kappa shape index (κ1) is 20.2. The van der Waals surface area contributed by atoms with Crippen molar-refractivity contribution in [2.75, 3.05) is 6.54 Å². The number of urea groups is 1. The zero-order chi connectivity index (χ0) is 22.2. The molecule has 3 N–H and O–H groups in total. The fourth-order valence-electron chi connectivity index (χ4n) is 3.51. The number of carbonyl (C=O) groups excluding carboxylic acids is 4. The minimum atomic E-state index is -1.58. The van der Waals surface area contributed by atoms with Crippen molar-refractivity contribution in [2.24, 2.45) is 5.41 Å². The van der Waals surface area contributed by atoms with Crippen LogP contribution in [0.3, 0.4) is 0 Å². The first-order valence-corrected chi connectivity index (χ1v) is 9.70. The van der Waals surface area contributed by atoms with Crippen molar-refractivity contribution in [1.29, 1.82) is 0 Å². The lowest BCUT2D eigenvalue weighted by Gasteiger charge is -2.30. The van der Waals surface area contributed by atoms with Gasteiger partial charge in [-0.1, -0.05) is 30.3 Å². The number of nitrogens with zero attached hydrogens (tertiary/aromatic N) is 1. The fourth-order valence-corrected chi connectivity index (χ4v) is 3.51. The summed E-state index contributed by atoms with van der Waals surface area (Å²) in [5, 5.41) is 7.70. The smallest absolute Gasteiger partial charge is 0.328 e. The number of amides is 5. The molecule has 0 radical (unpaired) electrons. The van der Waals surface area contributed by atoms with Gasteiger partial charge in [-0.15, -0.1) is 0 Å². The Labute approximate surface area is 178 Å². The van der Waals surface area contributed by atoms with Crippen LogP contribution in [0.25, 0.3) is 22.0 Å². The molecule has 1 saturated heterocycles. The number of pyridine rings is 1. The van der Waals surface area contributed by atoms with Crippen molar-refractivity contribution in [1.82, 2.24) is 20.9 Å². The van der Waals surface area contributed by atoms with Crippen molar-refractivity contribution in [3.05, 3.63) is 65.9 Å². The van der Waals surface area contributed by atoms with E-state index < -0.39 is 29.2 Å². The Kier molecular flexibility index (Phi) is 4.98. The highest BCUT2D eigenvalue weighted by Gasteiger charge is 2.46. The molecule has 0 unspecified atom stereocenters. The molecule has 1 aromatic heterocycles. The predicted molar refractivity (Wildman–Crippen MR) is 114 cm³/mol. The number of para-hydroxylation sites is 1. The second-order valence-electron chi connectivity index (χ2n) is 7.66. The molecular weight excluding hydrogens is 396 g/mol. The SMILES string of the molecule is Cc1cc(-c2cccc(C(=O)NCC3(C)C(=O)NC(=O)NC3=O)c2)c2ccccc2n1. The third kappa shape index (κ3) is 3.75. The zero-order valence-corrected chi connectivity index (χ0v) is 17.0. The summed E-state index contributed by atoms with van der Waals surface area (Å²) < 4.78 is 0. The van der Waals surface area contributed by atoms with Crippen molar-refractivity contribution in [3.8, 4) is 11.1 Å². The highest BCUT2D eigenvalue weighted by atomic mass is 16.2. The summed E-state index contributed by atoms with van der Waals surface area (Å²) in [7, 11) is 0. The van der Waals surface area contributed by atoms with E-state index in [1.54, 1.807) is 18.2 Å². The van der Waals surface area contributed by atoms with Gasteiger partial charge in [0.2, 0.25) is 11.8 Å². The molecule has 5 amide bonds. The molecule has 1 fully saturated rings. The average molecular weight is 416 g/mol. The molecule has 0 aliphatic carbocycles. The van der Waals surface area contributed by atoms with Crippen molar-refractivity contribution in [3.63, 3.8) is 0 Å². The van der Waals surface area contributed by atoms with Crippen molar-refractivity contribution in [2.45, 2.75) is 13.8 Å². The summed E-state index contributed by atoms with van der Waals surface area (Å²) in [6, 6.07) is 16.0. The number of barbiturate groups is 1. The van der Waals surface area contributed by atoms with Gasteiger partial charge in [0, 0.05) is 23.2 Å². The maximum absolute atomic E-state index is 12.8. The van der Waals surface area contributed by atoms with Crippen LogP contribution in [0.4, 0.5) is 4.79 Å². The molecule has 3 aromatic rings. The number of nitrogens with one attached hydrogen (secondary N) is 3. The van der Waals surface area contributed by atoms with Crippen LogP contribution in [0, 0.1) is 12.3 Å². The fraction of sp³-hybridized carbons (Fsp3) is 0.174. The zero-order valence-electron chi connectivity index (χ0n) is 17.0. The lowest BCUT2D eigenvalue weighted by molar-refractivity contribution is -0.142. The van der Waals surface area contributed by atoms with E-state index in [-0.39, 0.29) is 6.54 Å². The average Bonchev–Trinajstić information content (AvgIpc) is 2.75. The molecule has 1 aliphatic heterocycles. The number of imide groups is 2. The third-order valence-corrected chi connectivity index (χ3v) is 5.34. The van der Waals surface area contributed by atoms with E-state index >= 15 is 0 Å². The Morgan fingerprint density at radius 1 is 1.00 bits per heavy atom. The van der Waals surface area contributed by atoms with Gasteiger partial charge in [0.1, 0.15) is 5.41 Å². The van der Waals surface area contributed by atoms with E-state index in [0.29, 0.717) is 5.56 Å². The van der Waals surface area contributed by atoms with Gasteiger partial charge >= 0.3 is 6.03 Å². The number of hydrogen-bond donors (Lipinski definition) is 3. The van der Waals surface area contributed by atoms with Gasteiger partial charge in [-0.25, -0.2) is 4.79 Å². The van der Waals surface area contributed by atoms with Gasteiger partial charge in [-0.05, 0) is 49.2 Å². The highest BCUT2D eigenvalue weighted by molar-refractivity contribution is 6.19. The number of rotatable bonds is 4. The molecule has 0 bridgehead atoms. The number of carbonyl (C=O) groups is 4. The molecule has 0 saturated carbocycles. The molecule has 2 heterocycles. The van der Waals surface area contributed by atoms with Crippen LogP contribution in [0.5, 0.6) is 0 Å². The Hall–Kier alpha value is -4.07. The lowest BCUT2D eigenvalue weighted by Crippen LogP contribution is -2.64. The first-order valence-electron chi connectivity index (χ1n) is 9.70. The van der Waals surface area contributed by atoms with E-state index in [9.17, 15) is 19.2 Å². The summed E-state index contributed by atoms with van der Waals surface area (Å²) in [6.45, 7) is 3.03. The topological polar surface area (TPSA) is 117 Å². The molecule has 31 heavy (non-hydrogen) atoms. The second-order valence-corrected chi connectivity index (χ2v) is 7.66. The van der Waals surface area contributed by atoms with Crippen LogP contribution < -0.4 is 16.0 Å². The maximum atomic E-state index is 12.8. The summed E-state index contributed by atoms with van der Waals surface area (Å²) in [4.78, 5) is 52.8. The summed E-state index contributed by atoms with van der Waals surface area (Å²) in [6.07, 6.45) is 0. The van der Waals surface area contributed by atoms with Gasteiger partial charge < -0.3 is 5.32 Å². The molecular formula is C23H20N4O4. The van der Waals surface area contributed by atoms with Gasteiger partial charge in [-0.3, -0.25) is 30.0 Å². The third-order valence-electron chi connectivity index (χ3n) is 5.34. The van der Waals surface area contributed by atoms with Crippen LogP contribution >= 0.6 is 0 Å². The number of fused-ring (bicyclic) bond motifs is 1. The van der Waals surface area contributed by atoms with E-state index in [0.717, 1.165) is 27.7 Å². The Morgan fingerprint density at radius 3 is 2.45 bits per heavy atom. The largest absolute Gasteiger partial charge is 0.350 e. The highest BCUT2D eigenvalue weighted by Crippen LogP contribution is 2.29. The van der Waals surface area contributed by atoms with Gasteiger partial charge in [0.25, 0.3) is 5.91 Å². The van der Waals surface area contributed by atoms with Gasteiger partial charge in [-0.2, -0.15) is 0 Å². The standard InChI is InChI=1S/C23H20N4O4/c1-13-10-17(16-8-3-4-9-18(16)25-13)14-6-5-7-15(11-14)19(28)24-12-23(2)20(29)26-22(31)27-21(23)30/h3-11H,12H2,1-2H3,(H,24,28)(H2,26,27,29,30,31). The summed E-state index contributed by atoms with van der Waals surface area (Å²) >= 11 is 0. The minimum Gasteiger partial charge on any atom is -0.350 e. The number of aromatic nitrogens is 1. The summed E-state index contributed by atoms with van der Waals surface area (Å²) in [5.41, 5.74) is 2.32. The first-order chi connectivity index (χ1) is 14.8. The molecule has 0 atom stereocenters. The summed E-state index contributed by atoms with van der Waals surface area (Å²) in [5.74, 6) is -1.95. The van der Waals surface area contributed by atoms with Crippen LogP contribution in [-0.4, -0.2) is 35.3 Å².